The van der Waals surface area contributed by atoms with Crippen molar-refractivity contribution in [2.24, 2.45) is 0 Å². The number of fused-ring (bicyclic) bond motifs is 1. The van der Waals surface area contributed by atoms with Gasteiger partial charge >= 0.3 is 17.3 Å². The molecule has 35 heavy (non-hydrogen) atoms. The van der Waals surface area contributed by atoms with Crippen molar-refractivity contribution in [1.82, 2.24) is 0 Å². The van der Waals surface area contributed by atoms with Crippen molar-refractivity contribution in [3.05, 3.63) is 36.4 Å². The molecule has 0 amide bonds. The first-order valence-corrected chi connectivity index (χ1v) is 10.4. The van der Waals surface area contributed by atoms with Gasteiger partial charge in [0, 0.05) is 25.1 Å². The van der Waals surface area contributed by atoms with Crippen LogP contribution in [-0.2, 0) is 14.3 Å². The summed E-state index contributed by atoms with van der Waals surface area (Å²) in [6.45, 7) is 0.718. The SMILES string of the molecule is CC(=O)OCC1O[C@@H](Oc2cc3c(O)cc(O)cc3[o+]c2-c2ccc(O)c(O)c2)C(O)C(O)[C@@H]1O. The normalized spacial score (nSPS) is 24.3. The zero-order chi connectivity index (χ0) is 25.4. The van der Waals surface area contributed by atoms with Crippen LogP contribution in [0.4, 0.5) is 0 Å². The van der Waals surface area contributed by atoms with Crippen LogP contribution < -0.4 is 4.74 Å². The van der Waals surface area contributed by atoms with Gasteiger partial charge in [0.2, 0.25) is 12.0 Å². The van der Waals surface area contributed by atoms with Crippen molar-refractivity contribution >= 4 is 16.9 Å². The molecule has 186 valence electrons. The molecule has 12 nitrogen and oxygen atoms in total. The molecule has 1 saturated heterocycles. The predicted molar refractivity (Wildman–Crippen MR) is 117 cm³/mol. The summed E-state index contributed by atoms with van der Waals surface area (Å²) in [6.07, 6.45) is -7.90. The molecular formula is C23H23O12+. The first-order valence-electron chi connectivity index (χ1n) is 10.4. The molecule has 4 rings (SSSR count). The number of carbonyl (C=O) groups is 1. The molecule has 0 saturated carbocycles. The first kappa shape index (κ1) is 24.3. The van der Waals surface area contributed by atoms with Gasteiger partial charge in [0.25, 0.3) is 0 Å². The molecule has 2 heterocycles. The van der Waals surface area contributed by atoms with Gasteiger partial charge in [-0.2, -0.15) is 0 Å². The third-order valence-corrected chi connectivity index (χ3v) is 5.42. The van der Waals surface area contributed by atoms with E-state index in [1.165, 1.54) is 24.3 Å². The van der Waals surface area contributed by atoms with Gasteiger partial charge in [0.15, 0.2) is 11.5 Å². The molecule has 1 aliphatic rings. The molecule has 7 N–H and O–H groups in total. The minimum atomic E-state index is -1.75. The van der Waals surface area contributed by atoms with E-state index < -0.39 is 54.8 Å². The van der Waals surface area contributed by atoms with Crippen molar-refractivity contribution in [1.29, 1.82) is 0 Å². The predicted octanol–water partition coefficient (Wildman–Crippen LogP) is 0.953. The van der Waals surface area contributed by atoms with E-state index in [0.717, 1.165) is 19.1 Å². The van der Waals surface area contributed by atoms with Crippen LogP contribution in [0.1, 0.15) is 6.92 Å². The maximum Gasteiger partial charge on any atom is 0.402 e. The average molecular weight is 491 g/mol. The van der Waals surface area contributed by atoms with Gasteiger partial charge in [-0.05, 0) is 12.1 Å². The molecule has 0 radical (unpaired) electrons. The Balaban J connectivity index is 1.77. The van der Waals surface area contributed by atoms with E-state index in [2.05, 4.69) is 0 Å². The van der Waals surface area contributed by atoms with Crippen molar-refractivity contribution in [3.8, 4) is 40.1 Å². The monoisotopic (exact) mass is 491 g/mol. The Morgan fingerprint density at radius 3 is 2.37 bits per heavy atom. The molecule has 12 heteroatoms. The van der Waals surface area contributed by atoms with Crippen molar-refractivity contribution in [2.45, 2.75) is 37.6 Å². The molecule has 1 aliphatic heterocycles. The second kappa shape index (κ2) is 9.43. The minimum absolute atomic E-state index is 0.0331. The van der Waals surface area contributed by atoms with Crippen molar-refractivity contribution in [3.63, 3.8) is 0 Å². The van der Waals surface area contributed by atoms with Gasteiger partial charge in [-0.3, -0.25) is 4.79 Å². The van der Waals surface area contributed by atoms with Gasteiger partial charge in [0.05, 0.1) is 11.6 Å². The van der Waals surface area contributed by atoms with Gasteiger partial charge in [-0.25, -0.2) is 4.42 Å². The fourth-order valence-electron chi connectivity index (χ4n) is 3.61. The number of phenolic OH excluding ortho intramolecular Hbond substituents is 4. The number of ether oxygens (including phenoxy) is 3. The maximum atomic E-state index is 11.2. The fraction of sp³-hybridized carbons (Fsp3) is 0.304. The zero-order valence-electron chi connectivity index (χ0n) is 18.2. The average Bonchev–Trinajstić information content (AvgIpc) is 2.80. The number of aliphatic hydroxyl groups is 3. The molecule has 1 fully saturated rings. The largest absolute Gasteiger partial charge is 0.507 e. The molecule has 1 aromatic heterocycles. The summed E-state index contributed by atoms with van der Waals surface area (Å²) in [4.78, 5) is 11.2. The van der Waals surface area contributed by atoms with Gasteiger partial charge in [-0.1, -0.05) is 0 Å². The van der Waals surface area contributed by atoms with E-state index in [1.807, 2.05) is 0 Å². The van der Waals surface area contributed by atoms with Crippen molar-refractivity contribution in [2.75, 3.05) is 6.61 Å². The topological polar surface area (TPSA) is 198 Å². The summed E-state index contributed by atoms with van der Waals surface area (Å²) in [5, 5.41) is 70.7. The number of phenols is 4. The Kier molecular flexibility index (Phi) is 6.54. The molecule has 2 aromatic carbocycles. The molecule has 3 unspecified atom stereocenters. The Labute approximate surface area is 197 Å². The molecule has 5 atom stereocenters. The summed E-state index contributed by atoms with van der Waals surface area (Å²) in [5.74, 6) is -2.38. The number of hydrogen-bond donors (Lipinski definition) is 7. The highest BCUT2D eigenvalue weighted by molar-refractivity contribution is 5.88. The summed E-state index contributed by atoms with van der Waals surface area (Å²) in [6, 6.07) is 7.33. The third kappa shape index (κ3) is 4.86. The van der Waals surface area contributed by atoms with Crippen LogP contribution in [0.25, 0.3) is 22.3 Å². The van der Waals surface area contributed by atoms with E-state index in [1.54, 1.807) is 0 Å². The molecule has 3 aromatic rings. The van der Waals surface area contributed by atoms with Crippen molar-refractivity contribution < 1.29 is 59.2 Å². The van der Waals surface area contributed by atoms with E-state index in [4.69, 9.17) is 18.6 Å². The number of esters is 1. The maximum absolute atomic E-state index is 11.2. The lowest BCUT2D eigenvalue weighted by atomic mass is 9.99. The number of aromatic hydroxyl groups is 4. The summed E-state index contributed by atoms with van der Waals surface area (Å²) >= 11 is 0. The highest BCUT2D eigenvalue weighted by Gasteiger charge is 2.46. The summed E-state index contributed by atoms with van der Waals surface area (Å²) in [7, 11) is 0. The van der Waals surface area contributed by atoms with Crippen LogP contribution in [0.2, 0.25) is 0 Å². The van der Waals surface area contributed by atoms with Crippen LogP contribution in [0.3, 0.4) is 0 Å². The lowest BCUT2D eigenvalue weighted by molar-refractivity contribution is -0.278. The second-order valence-corrected chi connectivity index (χ2v) is 7.96. The van der Waals surface area contributed by atoms with Crippen LogP contribution in [0.15, 0.2) is 40.8 Å². The molecule has 0 spiro atoms. The highest BCUT2D eigenvalue weighted by atomic mass is 16.7. The summed E-state index contributed by atoms with van der Waals surface area (Å²) < 4.78 is 22.0. The van der Waals surface area contributed by atoms with E-state index in [9.17, 15) is 40.5 Å². The van der Waals surface area contributed by atoms with Crippen LogP contribution in [0.5, 0.6) is 28.7 Å². The number of carbonyl (C=O) groups excluding carboxylic acids is 1. The zero-order valence-corrected chi connectivity index (χ0v) is 18.2. The van der Waals surface area contributed by atoms with E-state index in [-0.39, 0.29) is 39.5 Å². The quantitative estimate of drug-likeness (QED) is 0.152. The number of rotatable bonds is 5. The number of hydrogen-bond acceptors (Lipinski definition) is 11. The Hall–Kier alpha value is -3.84. The summed E-state index contributed by atoms with van der Waals surface area (Å²) in [5.41, 5.74) is 0.230. The van der Waals surface area contributed by atoms with E-state index in [0.29, 0.717) is 0 Å². The number of benzene rings is 2. The highest BCUT2D eigenvalue weighted by Crippen LogP contribution is 2.42. The lowest BCUT2D eigenvalue weighted by Crippen LogP contribution is -2.60. The van der Waals surface area contributed by atoms with Crippen LogP contribution in [-0.4, -0.2) is 79.0 Å². The second-order valence-electron chi connectivity index (χ2n) is 7.96. The van der Waals surface area contributed by atoms with Gasteiger partial charge in [-0.15, -0.1) is 0 Å². The minimum Gasteiger partial charge on any atom is -0.507 e. The third-order valence-electron chi connectivity index (χ3n) is 5.42. The molecule has 0 aliphatic carbocycles. The standard InChI is InChI=1S/C23H22O12/c1-9(24)32-8-18-19(29)20(30)21(31)23(35-18)34-17-7-12-14(27)5-11(25)6-16(12)33-22(17)10-2-3-13(26)15(28)4-10/h2-7,18-21,23,29-31H,8H2,1H3,(H3-,25,26,27,28)/p+1/t18?,19-,20?,21?,23-/m1/s1. The lowest BCUT2D eigenvalue weighted by Gasteiger charge is -2.39. The Morgan fingerprint density at radius 1 is 0.943 bits per heavy atom. The van der Waals surface area contributed by atoms with E-state index >= 15 is 0 Å². The van der Waals surface area contributed by atoms with Crippen LogP contribution in [0, 0.1) is 0 Å². The Bertz CT molecular complexity index is 1260. The smallest absolute Gasteiger partial charge is 0.402 e. The Morgan fingerprint density at radius 2 is 1.69 bits per heavy atom. The molecular weight excluding hydrogens is 468 g/mol. The number of aliphatic hydroxyl groups excluding tert-OH is 3. The first-order chi connectivity index (χ1) is 16.5. The van der Waals surface area contributed by atoms with Crippen LogP contribution >= 0.6 is 0 Å². The fourth-order valence-corrected chi connectivity index (χ4v) is 3.61. The van der Waals surface area contributed by atoms with Gasteiger partial charge in [0.1, 0.15) is 47.9 Å². The molecule has 0 bridgehead atoms. The van der Waals surface area contributed by atoms with Gasteiger partial charge < -0.3 is 50.0 Å².